The Balaban J connectivity index is 1.50. The van der Waals surface area contributed by atoms with Crippen LogP contribution in [0.5, 0.6) is 5.75 Å². The number of nitrogens with zero attached hydrogens (tertiary/aromatic N) is 3. The van der Waals surface area contributed by atoms with Crippen molar-refractivity contribution in [3.8, 4) is 11.4 Å². The molecule has 0 bridgehead atoms. The largest absolute Gasteiger partial charge is 0.495 e. The van der Waals surface area contributed by atoms with Gasteiger partial charge in [0, 0.05) is 30.6 Å². The fourth-order valence-corrected chi connectivity index (χ4v) is 5.91. The molecule has 2 atom stereocenters. The summed E-state index contributed by atoms with van der Waals surface area (Å²) < 4.78 is 12.5. The van der Waals surface area contributed by atoms with E-state index >= 15 is 0 Å². The van der Waals surface area contributed by atoms with Gasteiger partial charge in [0.2, 0.25) is 5.91 Å². The first-order valence-corrected chi connectivity index (χ1v) is 14.0. The number of benzene rings is 2. The summed E-state index contributed by atoms with van der Waals surface area (Å²) in [6, 6.07) is 22.1. The number of ether oxygens (including phenoxy) is 2. The molecule has 42 heavy (non-hydrogen) atoms. The van der Waals surface area contributed by atoms with E-state index in [0.29, 0.717) is 28.7 Å². The van der Waals surface area contributed by atoms with Crippen LogP contribution < -0.4 is 15.4 Å². The Kier molecular flexibility index (Phi) is 8.53. The number of esters is 1. The molecule has 0 saturated carbocycles. The fourth-order valence-electron chi connectivity index (χ4n) is 5.58. The lowest BCUT2D eigenvalue weighted by Crippen LogP contribution is -2.33. The van der Waals surface area contributed by atoms with Crippen LogP contribution in [-0.2, 0) is 9.53 Å². The van der Waals surface area contributed by atoms with Crippen molar-refractivity contribution in [3.05, 3.63) is 107 Å². The maximum Gasteiger partial charge on any atom is 0.339 e. The quantitative estimate of drug-likeness (QED) is 0.203. The van der Waals surface area contributed by atoms with E-state index in [4.69, 9.17) is 21.7 Å². The van der Waals surface area contributed by atoms with Crippen molar-refractivity contribution in [2.75, 3.05) is 26.1 Å². The van der Waals surface area contributed by atoms with Gasteiger partial charge in [-0.1, -0.05) is 30.3 Å². The molecule has 5 rings (SSSR count). The number of rotatable bonds is 9. The molecule has 1 aliphatic rings. The first kappa shape index (κ1) is 28.8. The Morgan fingerprint density at radius 1 is 1.02 bits per heavy atom. The van der Waals surface area contributed by atoms with Gasteiger partial charge in [-0.25, -0.2) is 4.79 Å². The zero-order valence-corrected chi connectivity index (χ0v) is 24.8. The number of carbonyl (C=O) groups excluding carboxylic acids is 2. The normalized spacial score (nSPS) is 16.2. The van der Waals surface area contributed by atoms with Crippen LogP contribution in [0.4, 0.5) is 5.69 Å². The van der Waals surface area contributed by atoms with Gasteiger partial charge in [-0.15, -0.1) is 0 Å². The highest BCUT2D eigenvalue weighted by Gasteiger charge is 2.41. The first-order valence-electron chi connectivity index (χ1n) is 13.6. The van der Waals surface area contributed by atoms with Crippen LogP contribution in [0.1, 0.15) is 51.5 Å². The number of nitrogens with one attached hydrogen (secondary N) is 2. The lowest BCUT2D eigenvalue weighted by atomic mass is 9.96. The van der Waals surface area contributed by atoms with E-state index in [0.717, 1.165) is 28.3 Å². The number of thiocarbonyl (C=S) groups is 1. The second-order valence-corrected chi connectivity index (χ2v) is 10.4. The number of hydrogen-bond acceptors (Lipinski definition) is 6. The number of anilines is 1. The van der Waals surface area contributed by atoms with Gasteiger partial charge in [-0.05, 0) is 74.1 Å². The summed E-state index contributed by atoms with van der Waals surface area (Å²) >= 11 is 5.83. The van der Waals surface area contributed by atoms with Crippen molar-refractivity contribution in [2.24, 2.45) is 0 Å². The van der Waals surface area contributed by atoms with Crippen molar-refractivity contribution in [1.82, 2.24) is 19.8 Å². The monoisotopic (exact) mass is 583 g/mol. The van der Waals surface area contributed by atoms with Gasteiger partial charge in [0.25, 0.3) is 0 Å². The predicted molar refractivity (Wildman–Crippen MR) is 165 cm³/mol. The zero-order valence-electron chi connectivity index (χ0n) is 24.0. The van der Waals surface area contributed by atoms with Crippen molar-refractivity contribution in [3.63, 3.8) is 0 Å². The minimum Gasteiger partial charge on any atom is -0.495 e. The number of carbonyl (C=O) groups is 2. The van der Waals surface area contributed by atoms with Crippen molar-refractivity contribution < 1.29 is 19.1 Å². The highest BCUT2D eigenvalue weighted by molar-refractivity contribution is 7.80. The van der Waals surface area contributed by atoms with E-state index in [1.165, 1.54) is 7.11 Å². The van der Waals surface area contributed by atoms with E-state index in [2.05, 4.69) is 31.2 Å². The maximum absolute atomic E-state index is 13.1. The number of pyridine rings is 1. The zero-order chi connectivity index (χ0) is 29.8. The van der Waals surface area contributed by atoms with E-state index in [9.17, 15) is 9.59 Å². The molecule has 2 N–H and O–H groups in total. The Morgan fingerprint density at radius 3 is 2.50 bits per heavy atom. The highest BCUT2D eigenvalue weighted by Crippen LogP contribution is 2.41. The minimum atomic E-state index is -0.405. The third kappa shape index (κ3) is 5.58. The lowest BCUT2D eigenvalue weighted by Gasteiger charge is -2.28. The number of aromatic nitrogens is 2. The van der Waals surface area contributed by atoms with Gasteiger partial charge in [0.1, 0.15) is 5.75 Å². The summed E-state index contributed by atoms with van der Waals surface area (Å²) in [6.45, 7) is 4.41. The SMILES string of the molecule is COC(=O)c1ccccc1-n1c(C)cc([C@H]2[C@H](c3ccccn3)NC(=S)N2CCC(=O)Nc2ccccc2OC)c1C. The topological polar surface area (TPSA) is 97.7 Å². The molecular formula is C32H33N5O4S. The first-order chi connectivity index (χ1) is 20.3. The second-order valence-electron chi connectivity index (χ2n) is 9.99. The molecule has 9 nitrogen and oxygen atoms in total. The van der Waals surface area contributed by atoms with Crippen LogP contribution in [0.2, 0.25) is 0 Å². The number of hydrogen-bond donors (Lipinski definition) is 2. The summed E-state index contributed by atoms with van der Waals surface area (Å²) in [4.78, 5) is 32.4. The average molecular weight is 584 g/mol. The third-order valence-electron chi connectivity index (χ3n) is 7.50. The number of para-hydroxylation sites is 3. The molecule has 0 spiro atoms. The van der Waals surface area contributed by atoms with Crippen molar-refractivity contribution in [2.45, 2.75) is 32.4 Å². The molecule has 2 aromatic heterocycles. The van der Waals surface area contributed by atoms with Crippen LogP contribution in [0.15, 0.2) is 79.0 Å². The molecule has 3 heterocycles. The number of aryl methyl sites for hydroxylation is 1. The summed E-state index contributed by atoms with van der Waals surface area (Å²) in [5, 5.41) is 6.95. The number of methoxy groups -OCH3 is 2. The summed E-state index contributed by atoms with van der Waals surface area (Å²) in [6.07, 6.45) is 1.96. The van der Waals surface area contributed by atoms with Crippen molar-refractivity contribution >= 4 is 34.9 Å². The van der Waals surface area contributed by atoms with Crippen LogP contribution >= 0.6 is 12.2 Å². The van der Waals surface area contributed by atoms with Crippen molar-refractivity contribution in [1.29, 1.82) is 0 Å². The molecule has 1 amide bonds. The van der Waals surface area contributed by atoms with Gasteiger partial charge in [-0.3, -0.25) is 9.78 Å². The minimum absolute atomic E-state index is 0.153. The van der Waals surface area contributed by atoms with E-state index in [1.807, 2.05) is 62.4 Å². The molecular weight excluding hydrogens is 550 g/mol. The predicted octanol–water partition coefficient (Wildman–Crippen LogP) is 5.29. The fraction of sp³-hybridized carbons (Fsp3) is 0.250. The smallest absolute Gasteiger partial charge is 0.339 e. The van der Waals surface area contributed by atoms with Crippen LogP contribution in [0, 0.1) is 13.8 Å². The maximum atomic E-state index is 13.1. The Labute approximate surface area is 250 Å². The van der Waals surface area contributed by atoms with E-state index < -0.39 is 5.97 Å². The lowest BCUT2D eigenvalue weighted by molar-refractivity contribution is -0.116. The van der Waals surface area contributed by atoms with Gasteiger partial charge in [0.05, 0.1) is 48.9 Å². The van der Waals surface area contributed by atoms with Crippen LogP contribution in [-0.4, -0.2) is 52.2 Å². The molecule has 216 valence electrons. The van der Waals surface area contributed by atoms with Gasteiger partial charge < -0.3 is 29.6 Å². The summed E-state index contributed by atoms with van der Waals surface area (Å²) in [5.41, 5.74) is 5.57. The Hall–Kier alpha value is -4.70. The molecule has 1 aliphatic heterocycles. The summed E-state index contributed by atoms with van der Waals surface area (Å²) in [7, 11) is 2.95. The second kappa shape index (κ2) is 12.4. The molecule has 0 unspecified atom stereocenters. The molecule has 2 aromatic carbocycles. The van der Waals surface area contributed by atoms with E-state index in [1.54, 1.807) is 31.5 Å². The molecule has 1 fully saturated rings. The van der Waals surface area contributed by atoms with Crippen LogP contribution in [0.25, 0.3) is 5.69 Å². The van der Waals surface area contributed by atoms with Gasteiger partial charge in [0.15, 0.2) is 5.11 Å². The van der Waals surface area contributed by atoms with Gasteiger partial charge in [-0.2, -0.15) is 0 Å². The standard InChI is InChI=1S/C32H33N5O4S/c1-20-19-23(21(2)37(20)26-14-7-5-11-22(26)31(39)41-4)30-29(25-13-9-10-17-33-25)35-32(42)36(30)18-16-28(38)34-24-12-6-8-15-27(24)40-3/h5-15,17,19,29-30H,16,18H2,1-4H3,(H,34,38)(H,35,42)/t29-,30-/m0/s1. The Morgan fingerprint density at radius 2 is 1.76 bits per heavy atom. The molecule has 10 heteroatoms. The molecule has 4 aromatic rings. The number of amides is 1. The molecule has 1 saturated heterocycles. The molecule has 0 aliphatic carbocycles. The highest BCUT2D eigenvalue weighted by atomic mass is 32.1. The van der Waals surface area contributed by atoms with Gasteiger partial charge >= 0.3 is 5.97 Å². The molecule has 0 radical (unpaired) electrons. The average Bonchev–Trinajstić information content (AvgIpc) is 3.50. The third-order valence-corrected chi connectivity index (χ3v) is 7.85. The van der Waals surface area contributed by atoms with Crippen LogP contribution in [0.3, 0.4) is 0 Å². The van der Waals surface area contributed by atoms with E-state index in [-0.39, 0.29) is 24.4 Å². The Bertz CT molecular complexity index is 1620. The summed E-state index contributed by atoms with van der Waals surface area (Å²) in [5.74, 6) is 0.0363.